The smallest absolute Gasteiger partial charge is 0.337 e. The Hall–Kier alpha value is -1.71. The molecule has 0 saturated heterocycles. The van der Waals surface area contributed by atoms with Gasteiger partial charge in [-0.2, -0.15) is 13.2 Å². The molecule has 3 rings (SSSR count). The first-order valence-electron chi connectivity index (χ1n) is 7.11. The van der Waals surface area contributed by atoms with E-state index < -0.39 is 23.8 Å². The maximum absolute atomic E-state index is 13.9. The Morgan fingerprint density at radius 1 is 1.39 bits per heavy atom. The molecule has 0 radical (unpaired) electrons. The van der Waals surface area contributed by atoms with Crippen LogP contribution in [0.1, 0.15) is 25.3 Å². The summed E-state index contributed by atoms with van der Waals surface area (Å²) in [5.74, 6) is 4.17. The zero-order chi connectivity index (χ0) is 16.8. The zero-order valence-corrected chi connectivity index (χ0v) is 12.9. The maximum Gasteiger partial charge on any atom is 0.433 e. The lowest BCUT2D eigenvalue weighted by molar-refractivity contribution is -0.266. The minimum absolute atomic E-state index is 0.00571. The van der Waals surface area contributed by atoms with Gasteiger partial charge in [0.15, 0.2) is 0 Å². The predicted molar refractivity (Wildman–Crippen MR) is 78.9 cm³/mol. The van der Waals surface area contributed by atoms with Crippen LogP contribution in [0.25, 0.3) is 0 Å². The van der Waals surface area contributed by atoms with Crippen molar-refractivity contribution >= 4 is 23.2 Å². The van der Waals surface area contributed by atoms with Crippen molar-refractivity contribution in [1.82, 2.24) is 0 Å². The van der Waals surface area contributed by atoms with Crippen LogP contribution in [0.3, 0.4) is 0 Å². The molecule has 3 nitrogen and oxygen atoms in total. The normalized spacial score (nSPS) is 27.3. The number of rotatable bonds is 0. The summed E-state index contributed by atoms with van der Waals surface area (Å²) in [6, 6.07) is 3.88. The van der Waals surface area contributed by atoms with Crippen LogP contribution >= 0.6 is 11.6 Å². The van der Waals surface area contributed by atoms with Gasteiger partial charge in [0.25, 0.3) is 11.5 Å². The van der Waals surface area contributed by atoms with Crippen molar-refractivity contribution in [2.24, 2.45) is 5.92 Å². The van der Waals surface area contributed by atoms with Crippen LogP contribution < -0.4 is 5.32 Å². The quantitative estimate of drug-likeness (QED) is 0.726. The first-order chi connectivity index (χ1) is 10.7. The van der Waals surface area contributed by atoms with E-state index in [-0.39, 0.29) is 22.2 Å². The largest absolute Gasteiger partial charge is 0.433 e. The molecule has 1 N–H and O–H groups in total. The van der Waals surface area contributed by atoms with Gasteiger partial charge in [-0.05, 0) is 38.0 Å². The second-order valence-electron chi connectivity index (χ2n) is 5.66. The van der Waals surface area contributed by atoms with Crippen molar-refractivity contribution in [2.45, 2.75) is 37.6 Å². The number of hydrogen-bond acceptors (Lipinski definition) is 2. The Morgan fingerprint density at radius 3 is 2.70 bits per heavy atom. The Bertz CT molecular complexity index is 718. The topological polar surface area (TPSA) is 38.3 Å². The number of halogens is 4. The molecule has 122 valence electrons. The summed E-state index contributed by atoms with van der Waals surface area (Å²) in [5.41, 5.74) is -3.16. The monoisotopic (exact) mass is 343 g/mol. The average Bonchev–Trinajstić information content (AvgIpc) is 3.27. The third-order valence-corrected chi connectivity index (χ3v) is 4.01. The average molecular weight is 344 g/mol. The number of nitrogens with one attached hydrogen (secondary N) is 1. The summed E-state index contributed by atoms with van der Waals surface area (Å²) in [5, 5.41) is 2.55. The molecule has 2 aliphatic rings. The standard InChI is InChI=1S/C16H13ClF3NO2/c1-9-14(22)21-13-5-4-11(17)8-12(13)15(23-9,16(18,19)20)7-6-10-2-3-10/h4-5,8-10H,2-3H2,1H3,(H,21,22)/t9?,15-/m0/s1. The van der Waals surface area contributed by atoms with Crippen LogP contribution in [0, 0.1) is 17.8 Å². The van der Waals surface area contributed by atoms with Crippen molar-refractivity contribution in [3.8, 4) is 11.8 Å². The first-order valence-corrected chi connectivity index (χ1v) is 7.49. The molecule has 0 bridgehead atoms. The fourth-order valence-electron chi connectivity index (χ4n) is 2.35. The first kappa shape index (κ1) is 16.2. The lowest BCUT2D eigenvalue weighted by Gasteiger charge is -2.32. The molecular formula is C16H13ClF3NO2. The summed E-state index contributed by atoms with van der Waals surface area (Å²) >= 11 is 5.87. The number of benzene rings is 1. The summed E-state index contributed by atoms with van der Waals surface area (Å²) in [7, 11) is 0. The van der Waals surface area contributed by atoms with E-state index in [9.17, 15) is 18.0 Å². The van der Waals surface area contributed by atoms with Crippen molar-refractivity contribution < 1.29 is 22.7 Å². The highest BCUT2D eigenvalue weighted by Crippen LogP contribution is 2.48. The van der Waals surface area contributed by atoms with Gasteiger partial charge in [0, 0.05) is 22.2 Å². The molecule has 1 aliphatic carbocycles. The highest BCUT2D eigenvalue weighted by atomic mass is 35.5. The van der Waals surface area contributed by atoms with Gasteiger partial charge in [0.05, 0.1) is 0 Å². The van der Waals surface area contributed by atoms with Gasteiger partial charge in [0.2, 0.25) is 0 Å². The number of carbonyl (C=O) groups is 1. The molecule has 1 aromatic rings. The summed E-state index contributed by atoms with van der Waals surface area (Å²) in [6.07, 6.45) is -4.59. The van der Waals surface area contributed by atoms with Gasteiger partial charge < -0.3 is 10.1 Å². The number of carbonyl (C=O) groups excluding carboxylic acids is 1. The van der Waals surface area contributed by atoms with E-state index in [2.05, 4.69) is 17.2 Å². The second-order valence-corrected chi connectivity index (χ2v) is 6.10. The van der Waals surface area contributed by atoms with Gasteiger partial charge in [-0.15, -0.1) is 0 Å². The van der Waals surface area contributed by atoms with Gasteiger partial charge in [-0.25, -0.2) is 0 Å². The van der Waals surface area contributed by atoms with Gasteiger partial charge in [-0.3, -0.25) is 4.79 Å². The lowest BCUT2D eigenvalue weighted by Crippen LogP contribution is -2.46. The summed E-state index contributed by atoms with van der Waals surface area (Å²) in [4.78, 5) is 11.9. The molecule has 1 amide bonds. The van der Waals surface area contributed by atoms with Crippen molar-refractivity contribution in [2.75, 3.05) is 5.32 Å². The lowest BCUT2D eigenvalue weighted by atomic mass is 9.91. The Balaban J connectivity index is 2.25. The number of amides is 1. The second kappa shape index (κ2) is 5.43. The number of ether oxygens (including phenoxy) is 1. The molecule has 7 heteroatoms. The number of anilines is 1. The highest BCUT2D eigenvalue weighted by Gasteiger charge is 2.60. The van der Waals surface area contributed by atoms with E-state index in [1.807, 2.05) is 0 Å². The summed E-state index contributed by atoms with van der Waals surface area (Å²) in [6.45, 7) is 1.27. The van der Waals surface area contributed by atoms with Crippen LogP contribution in [0.15, 0.2) is 18.2 Å². The SMILES string of the molecule is CC1O[C@](C#CC2CC2)(C(F)(F)F)c2cc(Cl)ccc2NC1=O. The molecule has 0 spiro atoms. The van der Waals surface area contributed by atoms with Gasteiger partial charge in [0.1, 0.15) is 6.10 Å². The third kappa shape index (κ3) is 2.91. The van der Waals surface area contributed by atoms with E-state index in [1.165, 1.54) is 19.1 Å². The fourth-order valence-corrected chi connectivity index (χ4v) is 2.52. The number of fused-ring (bicyclic) bond motifs is 1. The molecule has 1 aromatic carbocycles. The predicted octanol–water partition coefficient (Wildman–Crippen LogP) is 3.87. The van der Waals surface area contributed by atoms with Crippen molar-refractivity contribution in [3.63, 3.8) is 0 Å². The Morgan fingerprint density at radius 2 is 2.09 bits per heavy atom. The van der Waals surface area contributed by atoms with E-state index in [1.54, 1.807) is 0 Å². The Kier molecular flexibility index (Phi) is 3.81. The van der Waals surface area contributed by atoms with E-state index in [4.69, 9.17) is 16.3 Å². The third-order valence-electron chi connectivity index (χ3n) is 3.77. The highest BCUT2D eigenvalue weighted by molar-refractivity contribution is 6.30. The molecular weight excluding hydrogens is 331 g/mol. The number of hydrogen-bond donors (Lipinski definition) is 1. The Labute approximate surface area is 136 Å². The van der Waals surface area contributed by atoms with Gasteiger partial charge in [-0.1, -0.05) is 23.4 Å². The molecule has 1 aliphatic heterocycles. The van der Waals surface area contributed by atoms with Crippen molar-refractivity contribution in [3.05, 3.63) is 28.8 Å². The minimum atomic E-state index is -4.82. The fraction of sp³-hybridized carbons (Fsp3) is 0.438. The minimum Gasteiger partial charge on any atom is -0.337 e. The molecule has 0 aromatic heterocycles. The molecule has 1 unspecified atom stereocenters. The van der Waals surface area contributed by atoms with Crippen molar-refractivity contribution in [1.29, 1.82) is 0 Å². The van der Waals surface area contributed by atoms with E-state index >= 15 is 0 Å². The van der Waals surface area contributed by atoms with E-state index in [0.717, 1.165) is 18.9 Å². The summed E-state index contributed by atoms with van der Waals surface area (Å²) < 4.78 is 47.0. The van der Waals surface area contributed by atoms with Crippen LogP contribution in [-0.4, -0.2) is 18.2 Å². The molecule has 1 saturated carbocycles. The van der Waals surface area contributed by atoms with Crippen LogP contribution in [0.5, 0.6) is 0 Å². The molecule has 1 heterocycles. The van der Waals surface area contributed by atoms with Crippen LogP contribution in [0.4, 0.5) is 18.9 Å². The van der Waals surface area contributed by atoms with Crippen LogP contribution in [-0.2, 0) is 15.1 Å². The zero-order valence-electron chi connectivity index (χ0n) is 12.1. The van der Waals surface area contributed by atoms with Gasteiger partial charge >= 0.3 is 6.18 Å². The molecule has 1 fully saturated rings. The van der Waals surface area contributed by atoms with E-state index in [0.29, 0.717) is 0 Å². The molecule has 2 atom stereocenters. The maximum atomic E-state index is 13.9. The molecule has 23 heavy (non-hydrogen) atoms. The van der Waals surface area contributed by atoms with Crippen LogP contribution in [0.2, 0.25) is 5.02 Å². The number of alkyl halides is 3.